The summed E-state index contributed by atoms with van der Waals surface area (Å²) < 4.78 is 5.54. The quantitative estimate of drug-likeness (QED) is 0.707. The Morgan fingerprint density at radius 1 is 1.37 bits per heavy atom. The molecule has 2 N–H and O–H groups in total. The molecular weight excluding hydrogens is 242 g/mol. The lowest BCUT2D eigenvalue weighted by atomic mass is 10.2. The van der Waals surface area contributed by atoms with Crippen LogP contribution in [0.15, 0.2) is 24.3 Å². The minimum Gasteiger partial charge on any atom is -0.494 e. The Balaban J connectivity index is 2.13. The first-order chi connectivity index (χ1) is 9.11. The predicted octanol–water partition coefficient (Wildman–Crippen LogP) is 2.04. The molecule has 0 aromatic heterocycles. The fraction of sp³-hybridized carbons (Fsp3) is 0.533. The molecule has 0 fully saturated rings. The van der Waals surface area contributed by atoms with Gasteiger partial charge in [0.2, 0.25) is 5.91 Å². The van der Waals surface area contributed by atoms with Crippen molar-refractivity contribution >= 4 is 5.91 Å². The number of rotatable bonds is 8. The van der Waals surface area contributed by atoms with Crippen molar-refractivity contribution in [3.63, 3.8) is 0 Å². The van der Waals surface area contributed by atoms with Gasteiger partial charge in [0.05, 0.1) is 6.61 Å². The number of benzene rings is 1. The zero-order chi connectivity index (χ0) is 14.1. The van der Waals surface area contributed by atoms with Crippen LogP contribution in [0.4, 0.5) is 0 Å². The van der Waals surface area contributed by atoms with E-state index in [2.05, 4.69) is 5.32 Å². The van der Waals surface area contributed by atoms with Crippen LogP contribution in [-0.2, 0) is 4.79 Å². The molecule has 1 amide bonds. The predicted molar refractivity (Wildman–Crippen MR) is 75.2 cm³/mol. The van der Waals surface area contributed by atoms with Gasteiger partial charge in [-0.25, -0.2) is 0 Å². The molecule has 0 heterocycles. The zero-order valence-electron chi connectivity index (χ0n) is 11.7. The van der Waals surface area contributed by atoms with Crippen molar-refractivity contribution in [2.75, 3.05) is 13.2 Å². The highest BCUT2D eigenvalue weighted by Crippen LogP contribution is 2.11. The highest BCUT2D eigenvalue weighted by molar-refractivity contribution is 5.76. The highest BCUT2D eigenvalue weighted by atomic mass is 16.5. The number of aryl methyl sites for hydroxylation is 1. The molecule has 0 aliphatic carbocycles. The van der Waals surface area contributed by atoms with Crippen LogP contribution in [0.25, 0.3) is 0 Å². The summed E-state index contributed by atoms with van der Waals surface area (Å²) in [5, 5.41) is 11.6. The summed E-state index contributed by atoms with van der Waals surface area (Å²) in [5.74, 6) is 0.841. The van der Waals surface area contributed by atoms with Crippen molar-refractivity contribution in [1.82, 2.24) is 5.32 Å². The summed E-state index contributed by atoms with van der Waals surface area (Å²) in [6.45, 7) is 4.54. The van der Waals surface area contributed by atoms with E-state index in [4.69, 9.17) is 9.84 Å². The molecule has 106 valence electrons. The minimum atomic E-state index is 0.00783. The van der Waals surface area contributed by atoms with E-state index in [1.54, 1.807) is 0 Å². The summed E-state index contributed by atoms with van der Waals surface area (Å²) in [7, 11) is 0. The average Bonchev–Trinajstić information content (AvgIpc) is 2.37. The number of amides is 1. The molecule has 1 aromatic rings. The van der Waals surface area contributed by atoms with Crippen molar-refractivity contribution in [2.45, 2.75) is 39.2 Å². The first kappa shape index (κ1) is 15.5. The Morgan fingerprint density at radius 3 is 2.68 bits per heavy atom. The van der Waals surface area contributed by atoms with Gasteiger partial charge in [-0.15, -0.1) is 0 Å². The highest BCUT2D eigenvalue weighted by Gasteiger charge is 2.06. The summed E-state index contributed by atoms with van der Waals surface area (Å²) in [6.07, 6.45) is 1.72. The van der Waals surface area contributed by atoms with Crippen molar-refractivity contribution in [3.8, 4) is 5.75 Å². The largest absolute Gasteiger partial charge is 0.494 e. The smallest absolute Gasteiger partial charge is 0.220 e. The van der Waals surface area contributed by atoms with Gasteiger partial charge in [-0.05, 0) is 38.8 Å². The monoisotopic (exact) mass is 265 g/mol. The topological polar surface area (TPSA) is 58.6 Å². The molecule has 0 radical (unpaired) electrons. The van der Waals surface area contributed by atoms with Gasteiger partial charge >= 0.3 is 0 Å². The first-order valence-electron chi connectivity index (χ1n) is 6.71. The molecule has 0 aliphatic rings. The first-order valence-corrected chi connectivity index (χ1v) is 6.71. The number of ether oxygens (including phenoxy) is 1. The summed E-state index contributed by atoms with van der Waals surface area (Å²) in [4.78, 5) is 11.5. The molecule has 0 aliphatic heterocycles. The van der Waals surface area contributed by atoms with Gasteiger partial charge in [0.25, 0.3) is 0 Å². The van der Waals surface area contributed by atoms with Crippen LogP contribution in [0.3, 0.4) is 0 Å². The Labute approximate surface area is 114 Å². The third-order valence-electron chi connectivity index (χ3n) is 2.81. The molecule has 0 saturated heterocycles. The maximum Gasteiger partial charge on any atom is 0.220 e. The second kappa shape index (κ2) is 8.53. The molecule has 0 saturated carbocycles. The van der Waals surface area contributed by atoms with Crippen molar-refractivity contribution in [1.29, 1.82) is 0 Å². The molecule has 1 unspecified atom stereocenters. The lowest BCUT2D eigenvalue weighted by Crippen LogP contribution is -2.33. The number of aliphatic hydroxyl groups is 1. The lowest BCUT2D eigenvalue weighted by molar-refractivity contribution is -0.122. The normalized spacial score (nSPS) is 11.9. The number of carbonyl (C=O) groups is 1. The van der Waals surface area contributed by atoms with E-state index in [1.165, 1.54) is 5.56 Å². The summed E-state index contributed by atoms with van der Waals surface area (Å²) in [5.41, 5.74) is 1.20. The molecule has 1 atom stereocenters. The number of aliphatic hydroxyl groups excluding tert-OH is 1. The van der Waals surface area contributed by atoms with Crippen LogP contribution in [0, 0.1) is 6.92 Å². The second-order valence-electron chi connectivity index (χ2n) is 4.75. The van der Waals surface area contributed by atoms with Crippen LogP contribution in [0.1, 0.15) is 31.7 Å². The summed E-state index contributed by atoms with van der Waals surface area (Å²) >= 11 is 0. The SMILES string of the molecule is Cc1ccc(OCCCC(=O)NC(C)CCO)cc1. The second-order valence-corrected chi connectivity index (χ2v) is 4.75. The molecule has 0 spiro atoms. The number of nitrogens with one attached hydrogen (secondary N) is 1. The van der Waals surface area contributed by atoms with E-state index in [0.717, 1.165) is 5.75 Å². The molecule has 19 heavy (non-hydrogen) atoms. The molecule has 0 bridgehead atoms. The van der Waals surface area contributed by atoms with Crippen LogP contribution < -0.4 is 10.1 Å². The van der Waals surface area contributed by atoms with Crippen LogP contribution in [-0.4, -0.2) is 30.3 Å². The van der Waals surface area contributed by atoms with E-state index in [0.29, 0.717) is 25.9 Å². The average molecular weight is 265 g/mol. The van der Waals surface area contributed by atoms with E-state index in [-0.39, 0.29) is 18.6 Å². The Bertz CT molecular complexity index is 375. The third kappa shape index (κ3) is 6.82. The van der Waals surface area contributed by atoms with E-state index < -0.39 is 0 Å². The van der Waals surface area contributed by atoms with Crippen molar-refractivity contribution in [2.24, 2.45) is 0 Å². The fourth-order valence-corrected chi connectivity index (χ4v) is 1.67. The van der Waals surface area contributed by atoms with Gasteiger partial charge in [0, 0.05) is 19.1 Å². The van der Waals surface area contributed by atoms with Crippen LogP contribution in [0.2, 0.25) is 0 Å². The Kier molecular flexibility index (Phi) is 6.97. The minimum absolute atomic E-state index is 0.00783. The van der Waals surface area contributed by atoms with Crippen molar-refractivity contribution in [3.05, 3.63) is 29.8 Å². The van der Waals surface area contributed by atoms with Gasteiger partial charge < -0.3 is 15.2 Å². The molecular formula is C15H23NO3. The van der Waals surface area contributed by atoms with Crippen LogP contribution >= 0.6 is 0 Å². The molecule has 4 nitrogen and oxygen atoms in total. The zero-order valence-corrected chi connectivity index (χ0v) is 11.7. The van der Waals surface area contributed by atoms with Crippen LogP contribution in [0.5, 0.6) is 5.75 Å². The standard InChI is InChI=1S/C15H23NO3/c1-12-5-7-14(8-6-12)19-11-3-4-15(18)16-13(2)9-10-17/h5-8,13,17H,3-4,9-11H2,1-2H3,(H,16,18). The number of carbonyl (C=O) groups excluding carboxylic acids is 1. The van der Waals surface area contributed by atoms with Gasteiger partial charge in [-0.3, -0.25) is 4.79 Å². The lowest BCUT2D eigenvalue weighted by Gasteiger charge is -2.12. The van der Waals surface area contributed by atoms with Gasteiger partial charge in [-0.1, -0.05) is 17.7 Å². The molecule has 1 rings (SSSR count). The maximum absolute atomic E-state index is 11.5. The Hall–Kier alpha value is -1.55. The molecule has 1 aromatic carbocycles. The molecule has 4 heteroatoms. The third-order valence-corrected chi connectivity index (χ3v) is 2.81. The Morgan fingerprint density at radius 2 is 2.05 bits per heavy atom. The van der Waals surface area contributed by atoms with Gasteiger partial charge in [-0.2, -0.15) is 0 Å². The van der Waals surface area contributed by atoms with E-state index >= 15 is 0 Å². The van der Waals surface area contributed by atoms with Gasteiger partial charge in [0.15, 0.2) is 0 Å². The van der Waals surface area contributed by atoms with Gasteiger partial charge in [0.1, 0.15) is 5.75 Å². The van der Waals surface area contributed by atoms with E-state index in [1.807, 2.05) is 38.1 Å². The summed E-state index contributed by atoms with van der Waals surface area (Å²) in [6, 6.07) is 7.88. The van der Waals surface area contributed by atoms with E-state index in [9.17, 15) is 4.79 Å². The number of hydrogen-bond acceptors (Lipinski definition) is 3. The number of hydrogen-bond donors (Lipinski definition) is 2. The van der Waals surface area contributed by atoms with Crippen molar-refractivity contribution < 1.29 is 14.6 Å². The maximum atomic E-state index is 11.5. The fourth-order valence-electron chi connectivity index (χ4n) is 1.67.